The summed E-state index contributed by atoms with van der Waals surface area (Å²) in [7, 11) is 0. The SMILES string of the molecule is CCC(CC)C(=O)/C=C(\O)C(CC)CC.Cc1[c-]c(-c2nccc3c2oc2ccccc23)cc(C)c1.[Ir]. The molecule has 0 bridgehead atoms. The van der Waals surface area contributed by atoms with E-state index in [0.717, 1.165) is 64.4 Å². The number of aromatic nitrogens is 1. The number of ketones is 1. The Kier molecular flexibility index (Phi) is 11.7. The summed E-state index contributed by atoms with van der Waals surface area (Å²) in [5.74, 6) is 0.547. The van der Waals surface area contributed by atoms with Crippen molar-refractivity contribution in [3.05, 3.63) is 77.7 Å². The van der Waals surface area contributed by atoms with Crippen molar-refractivity contribution in [2.24, 2.45) is 11.8 Å². The van der Waals surface area contributed by atoms with Gasteiger partial charge in [-0.05, 0) is 37.8 Å². The molecular weight excluding hydrogens is 639 g/mol. The van der Waals surface area contributed by atoms with Gasteiger partial charge < -0.3 is 14.5 Å². The predicted molar refractivity (Wildman–Crippen MR) is 149 cm³/mol. The van der Waals surface area contributed by atoms with Crippen molar-refractivity contribution in [1.29, 1.82) is 0 Å². The number of hydrogen-bond donors (Lipinski definition) is 1. The average Bonchev–Trinajstić information content (AvgIpc) is 3.24. The fourth-order valence-corrected chi connectivity index (χ4v) is 4.65. The van der Waals surface area contributed by atoms with Crippen molar-refractivity contribution >= 4 is 27.7 Å². The summed E-state index contributed by atoms with van der Waals surface area (Å²) in [5, 5.41) is 12.0. The van der Waals surface area contributed by atoms with Crippen LogP contribution in [0.4, 0.5) is 0 Å². The van der Waals surface area contributed by atoms with E-state index >= 15 is 0 Å². The Morgan fingerprint density at radius 1 is 0.973 bits per heavy atom. The smallest absolute Gasteiger partial charge is 0.162 e. The minimum absolute atomic E-state index is 0. The zero-order valence-electron chi connectivity index (χ0n) is 22.7. The Morgan fingerprint density at radius 3 is 2.24 bits per heavy atom. The van der Waals surface area contributed by atoms with Gasteiger partial charge in [-0.3, -0.25) is 4.79 Å². The van der Waals surface area contributed by atoms with Crippen LogP contribution >= 0.6 is 0 Å². The molecular formula is C32H38IrNO3-. The van der Waals surface area contributed by atoms with Gasteiger partial charge in [-0.25, -0.2) is 0 Å². The number of aryl methyl sites for hydroxylation is 2. The number of pyridine rings is 1. The molecule has 2 aromatic carbocycles. The van der Waals surface area contributed by atoms with Crippen molar-refractivity contribution < 1.29 is 34.4 Å². The number of para-hydroxylation sites is 1. The predicted octanol–water partition coefficient (Wildman–Crippen LogP) is 8.93. The maximum Gasteiger partial charge on any atom is 0.162 e. The maximum atomic E-state index is 11.7. The summed E-state index contributed by atoms with van der Waals surface area (Å²) in [5.41, 5.74) is 5.88. The molecule has 2 aromatic heterocycles. The van der Waals surface area contributed by atoms with Crippen LogP contribution in [0, 0.1) is 31.7 Å². The number of aliphatic hydroxyl groups excluding tert-OH is 1. The number of aliphatic hydroxyl groups is 1. The summed E-state index contributed by atoms with van der Waals surface area (Å²) in [6, 6.07) is 17.7. The first-order valence-corrected chi connectivity index (χ1v) is 13.0. The summed E-state index contributed by atoms with van der Waals surface area (Å²) in [6.07, 6.45) is 6.74. The first-order chi connectivity index (χ1) is 17.3. The number of benzene rings is 2. The first kappa shape index (κ1) is 30.5. The number of rotatable bonds is 8. The molecule has 1 N–H and O–H groups in total. The molecule has 0 amide bonds. The number of allylic oxidation sites excluding steroid dienone is 2. The minimum Gasteiger partial charge on any atom is -0.512 e. The van der Waals surface area contributed by atoms with Crippen LogP contribution in [0.1, 0.15) is 64.5 Å². The van der Waals surface area contributed by atoms with E-state index < -0.39 is 0 Å². The van der Waals surface area contributed by atoms with Crippen LogP contribution in [0.2, 0.25) is 0 Å². The van der Waals surface area contributed by atoms with Gasteiger partial charge >= 0.3 is 0 Å². The Labute approximate surface area is 234 Å². The van der Waals surface area contributed by atoms with Gasteiger partial charge in [-0.2, -0.15) is 0 Å². The number of hydrogen-bond acceptors (Lipinski definition) is 4. The van der Waals surface area contributed by atoms with Crippen molar-refractivity contribution in [3.63, 3.8) is 0 Å². The second-order valence-electron chi connectivity index (χ2n) is 9.39. The number of nitrogens with zero attached hydrogens (tertiary/aromatic N) is 1. The summed E-state index contributed by atoms with van der Waals surface area (Å²) < 4.78 is 6.04. The Hall–Kier alpha value is -2.75. The fourth-order valence-electron chi connectivity index (χ4n) is 4.65. The molecule has 1 radical (unpaired) electrons. The minimum atomic E-state index is 0. The first-order valence-electron chi connectivity index (χ1n) is 13.0. The molecule has 0 spiro atoms. The van der Waals surface area contributed by atoms with Crippen LogP contribution < -0.4 is 0 Å². The molecule has 0 aliphatic heterocycles. The van der Waals surface area contributed by atoms with E-state index in [2.05, 4.69) is 43.1 Å². The fraction of sp³-hybridized carbons (Fsp3) is 0.375. The molecule has 0 aliphatic rings. The summed E-state index contributed by atoms with van der Waals surface area (Å²) in [6.45, 7) is 12.2. The molecule has 37 heavy (non-hydrogen) atoms. The van der Waals surface area contributed by atoms with Gasteiger partial charge in [-0.1, -0.05) is 59.7 Å². The Morgan fingerprint density at radius 2 is 1.62 bits per heavy atom. The second-order valence-corrected chi connectivity index (χ2v) is 9.39. The quantitative estimate of drug-likeness (QED) is 0.115. The summed E-state index contributed by atoms with van der Waals surface area (Å²) >= 11 is 0. The third-order valence-corrected chi connectivity index (χ3v) is 6.78. The Bertz CT molecular complexity index is 1330. The van der Waals surface area contributed by atoms with Crippen molar-refractivity contribution in [2.45, 2.75) is 67.2 Å². The third kappa shape index (κ3) is 7.40. The molecule has 2 heterocycles. The normalized spacial score (nSPS) is 11.5. The van der Waals surface area contributed by atoms with E-state index in [-0.39, 0.29) is 43.5 Å². The number of carbonyl (C=O) groups excluding carboxylic acids is 1. The van der Waals surface area contributed by atoms with E-state index in [1.807, 2.05) is 58.2 Å². The Balaban J connectivity index is 0.000000271. The van der Waals surface area contributed by atoms with Gasteiger partial charge in [0.15, 0.2) is 5.78 Å². The van der Waals surface area contributed by atoms with Crippen LogP contribution in [0.15, 0.2) is 64.9 Å². The van der Waals surface area contributed by atoms with Gasteiger partial charge in [0.2, 0.25) is 0 Å². The molecule has 0 aliphatic carbocycles. The van der Waals surface area contributed by atoms with Crippen LogP contribution in [-0.2, 0) is 24.9 Å². The second kappa shape index (κ2) is 14.3. The van der Waals surface area contributed by atoms with Gasteiger partial charge in [0.25, 0.3) is 0 Å². The van der Waals surface area contributed by atoms with E-state index in [9.17, 15) is 9.90 Å². The molecule has 199 valence electrons. The van der Waals surface area contributed by atoms with Crippen molar-refractivity contribution in [3.8, 4) is 11.3 Å². The zero-order valence-corrected chi connectivity index (χ0v) is 25.1. The number of furan rings is 1. The van der Waals surface area contributed by atoms with Gasteiger partial charge in [0.1, 0.15) is 11.2 Å². The molecule has 4 nitrogen and oxygen atoms in total. The molecule has 5 heteroatoms. The molecule has 0 fully saturated rings. The third-order valence-electron chi connectivity index (χ3n) is 6.78. The maximum absolute atomic E-state index is 11.7. The molecule has 4 rings (SSSR count). The van der Waals surface area contributed by atoms with Crippen LogP contribution in [0.5, 0.6) is 0 Å². The van der Waals surface area contributed by atoms with E-state index in [1.54, 1.807) is 0 Å². The number of carbonyl (C=O) groups is 1. The van der Waals surface area contributed by atoms with E-state index in [4.69, 9.17) is 4.42 Å². The zero-order chi connectivity index (χ0) is 26.2. The van der Waals surface area contributed by atoms with Crippen LogP contribution in [-0.4, -0.2) is 15.9 Å². The standard InChI is InChI=1S/C19H14NO.C13H24O2.Ir/c1-12-9-13(2)11-14(10-12)18-19-16(7-8-20-18)15-5-3-4-6-17(15)21-19;1-5-10(6-2)12(14)9-13(15)11(7-3)8-4;/h3-10H,1-2H3;9-11,14H,5-8H2,1-4H3;/q-1;;/b;12-9-;. The topological polar surface area (TPSA) is 63.3 Å². The van der Waals surface area contributed by atoms with Gasteiger partial charge in [0, 0.05) is 60.7 Å². The molecule has 0 unspecified atom stereocenters. The average molecular weight is 677 g/mol. The van der Waals surface area contributed by atoms with Gasteiger partial charge in [-0.15, -0.1) is 34.9 Å². The molecule has 0 atom stereocenters. The van der Waals surface area contributed by atoms with Crippen LogP contribution in [0.3, 0.4) is 0 Å². The monoisotopic (exact) mass is 677 g/mol. The van der Waals surface area contributed by atoms with Gasteiger partial charge in [0.05, 0.1) is 5.76 Å². The molecule has 4 aromatic rings. The van der Waals surface area contributed by atoms with E-state index in [0.29, 0.717) is 0 Å². The van der Waals surface area contributed by atoms with Crippen LogP contribution in [0.25, 0.3) is 33.2 Å². The molecule has 0 saturated carbocycles. The van der Waals surface area contributed by atoms with E-state index in [1.165, 1.54) is 11.6 Å². The summed E-state index contributed by atoms with van der Waals surface area (Å²) in [4.78, 5) is 16.2. The number of fused-ring (bicyclic) bond motifs is 3. The van der Waals surface area contributed by atoms with Crippen molar-refractivity contribution in [2.75, 3.05) is 0 Å². The van der Waals surface area contributed by atoms with Crippen molar-refractivity contribution in [1.82, 2.24) is 4.98 Å². The molecule has 0 saturated heterocycles. The largest absolute Gasteiger partial charge is 0.512 e.